The Morgan fingerprint density at radius 2 is 1.85 bits per heavy atom. The number of likely N-dealkylation sites (tertiary alicyclic amines) is 1. The third-order valence-electron chi connectivity index (χ3n) is 4.85. The zero-order valence-corrected chi connectivity index (χ0v) is 16.3. The maximum Gasteiger partial charge on any atom is 0.305 e. The first-order valence-electron chi connectivity index (χ1n) is 9.04. The van der Waals surface area contributed by atoms with Crippen LogP contribution in [-0.4, -0.2) is 60.1 Å². The van der Waals surface area contributed by atoms with E-state index in [9.17, 15) is 14.4 Å². The Balaban J connectivity index is 1.95. The van der Waals surface area contributed by atoms with Crippen LogP contribution in [0.15, 0.2) is 24.3 Å². The molecule has 2 amide bonds. The van der Waals surface area contributed by atoms with E-state index in [4.69, 9.17) is 9.84 Å². The highest BCUT2D eigenvalue weighted by Gasteiger charge is 2.36. The van der Waals surface area contributed by atoms with Gasteiger partial charge in [0.25, 0.3) is 5.91 Å². The van der Waals surface area contributed by atoms with Crippen LogP contribution in [0.5, 0.6) is 0 Å². The first kappa shape index (κ1) is 20.9. The minimum Gasteiger partial charge on any atom is -0.481 e. The number of carboxylic acid groups (broad SMARTS) is 1. The molecule has 0 aliphatic carbocycles. The maximum absolute atomic E-state index is 12.5. The molecule has 27 heavy (non-hydrogen) atoms. The number of amides is 2. The molecule has 0 saturated carbocycles. The Kier molecular flexibility index (Phi) is 6.59. The number of methoxy groups -OCH3 is 1. The smallest absolute Gasteiger partial charge is 0.305 e. The lowest BCUT2D eigenvalue weighted by Crippen LogP contribution is -2.43. The second-order valence-electron chi connectivity index (χ2n) is 7.90. The summed E-state index contributed by atoms with van der Waals surface area (Å²) < 4.78 is 5.26. The fraction of sp³-hybridized carbons (Fsp3) is 0.550. The van der Waals surface area contributed by atoms with Crippen LogP contribution in [0.3, 0.4) is 0 Å². The fourth-order valence-electron chi connectivity index (χ4n) is 3.23. The number of hydrogen-bond donors (Lipinski definition) is 2. The highest BCUT2D eigenvalue weighted by molar-refractivity contribution is 5.96. The second kappa shape index (κ2) is 8.52. The monoisotopic (exact) mass is 376 g/mol. The maximum atomic E-state index is 12.5. The van der Waals surface area contributed by atoms with Gasteiger partial charge in [0.1, 0.15) is 0 Å². The van der Waals surface area contributed by atoms with Gasteiger partial charge in [-0.15, -0.1) is 0 Å². The summed E-state index contributed by atoms with van der Waals surface area (Å²) in [5.41, 5.74) is 1.60. The molecule has 2 rings (SSSR count). The van der Waals surface area contributed by atoms with E-state index in [0.29, 0.717) is 18.5 Å². The number of aliphatic carboxylic acids is 1. The van der Waals surface area contributed by atoms with E-state index in [-0.39, 0.29) is 36.3 Å². The molecule has 1 heterocycles. The lowest BCUT2D eigenvalue weighted by atomic mass is 9.87. The first-order chi connectivity index (χ1) is 12.6. The molecule has 2 N–H and O–H groups in total. The Hall–Kier alpha value is -2.41. The van der Waals surface area contributed by atoms with Crippen LogP contribution < -0.4 is 5.32 Å². The minimum atomic E-state index is -0.961. The van der Waals surface area contributed by atoms with E-state index in [1.165, 1.54) is 4.90 Å². The Morgan fingerprint density at radius 3 is 2.37 bits per heavy atom. The largest absolute Gasteiger partial charge is 0.481 e. The Labute approximate surface area is 159 Å². The third kappa shape index (κ3) is 5.53. The van der Waals surface area contributed by atoms with Gasteiger partial charge in [0.15, 0.2) is 0 Å². The van der Waals surface area contributed by atoms with Gasteiger partial charge in [-0.25, -0.2) is 0 Å². The normalized spacial score (nSPS) is 19.8. The van der Waals surface area contributed by atoms with Crippen LogP contribution >= 0.6 is 0 Å². The molecule has 2 unspecified atom stereocenters. The average Bonchev–Trinajstić information content (AvgIpc) is 3.01. The minimum absolute atomic E-state index is 0.00221. The summed E-state index contributed by atoms with van der Waals surface area (Å²) in [6.07, 6.45) is 0.170. The van der Waals surface area contributed by atoms with E-state index in [0.717, 1.165) is 5.56 Å². The number of nitrogens with zero attached hydrogens (tertiary/aromatic N) is 1. The van der Waals surface area contributed by atoms with E-state index in [1.807, 2.05) is 12.1 Å². The fourth-order valence-corrected chi connectivity index (χ4v) is 3.23. The summed E-state index contributed by atoms with van der Waals surface area (Å²) >= 11 is 0. The SMILES string of the molecule is COC1CC(CC(=O)O)N(C(=O)CNC(=O)c2ccc(C(C)(C)C)cc2)C1. The molecular weight excluding hydrogens is 348 g/mol. The average molecular weight is 376 g/mol. The zero-order valence-electron chi connectivity index (χ0n) is 16.3. The Bertz CT molecular complexity index is 693. The lowest BCUT2D eigenvalue weighted by molar-refractivity contribution is -0.139. The number of rotatable bonds is 6. The lowest BCUT2D eigenvalue weighted by Gasteiger charge is -2.23. The number of carboxylic acids is 1. The van der Waals surface area contributed by atoms with Gasteiger partial charge in [-0.2, -0.15) is 0 Å². The molecule has 1 aliphatic rings. The van der Waals surface area contributed by atoms with Gasteiger partial charge in [0.2, 0.25) is 5.91 Å². The highest BCUT2D eigenvalue weighted by Crippen LogP contribution is 2.23. The molecule has 1 saturated heterocycles. The molecule has 0 bridgehead atoms. The van der Waals surface area contributed by atoms with Gasteiger partial charge in [-0.05, 0) is 29.5 Å². The summed E-state index contributed by atoms with van der Waals surface area (Å²) in [6, 6.07) is 6.88. The molecule has 0 aromatic heterocycles. The molecule has 1 fully saturated rings. The van der Waals surface area contributed by atoms with Crippen molar-refractivity contribution in [2.75, 3.05) is 20.2 Å². The van der Waals surface area contributed by atoms with Crippen molar-refractivity contribution in [1.29, 1.82) is 0 Å². The molecule has 7 nitrogen and oxygen atoms in total. The predicted octanol–water partition coefficient (Wildman–Crippen LogP) is 1.80. The van der Waals surface area contributed by atoms with Gasteiger partial charge in [0.05, 0.1) is 19.1 Å². The van der Waals surface area contributed by atoms with Crippen molar-refractivity contribution >= 4 is 17.8 Å². The van der Waals surface area contributed by atoms with Crippen molar-refractivity contribution in [3.8, 4) is 0 Å². The molecule has 7 heteroatoms. The number of ether oxygens (including phenoxy) is 1. The summed E-state index contributed by atoms with van der Waals surface area (Å²) in [7, 11) is 1.54. The molecule has 1 aromatic carbocycles. The van der Waals surface area contributed by atoms with Crippen LogP contribution in [0.25, 0.3) is 0 Å². The van der Waals surface area contributed by atoms with Crippen LogP contribution in [-0.2, 0) is 19.7 Å². The molecule has 0 spiro atoms. The zero-order chi connectivity index (χ0) is 20.2. The van der Waals surface area contributed by atoms with Gasteiger partial charge < -0.3 is 20.1 Å². The van der Waals surface area contributed by atoms with Crippen molar-refractivity contribution < 1.29 is 24.2 Å². The van der Waals surface area contributed by atoms with Crippen LogP contribution in [0.4, 0.5) is 0 Å². The topological polar surface area (TPSA) is 95.9 Å². The van der Waals surface area contributed by atoms with Crippen molar-refractivity contribution in [1.82, 2.24) is 10.2 Å². The van der Waals surface area contributed by atoms with E-state index < -0.39 is 12.0 Å². The van der Waals surface area contributed by atoms with Crippen molar-refractivity contribution in [3.63, 3.8) is 0 Å². The van der Waals surface area contributed by atoms with Gasteiger partial charge in [-0.1, -0.05) is 32.9 Å². The summed E-state index contributed by atoms with van der Waals surface area (Å²) in [5.74, 6) is -1.60. The van der Waals surface area contributed by atoms with Gasteiger partial charge in [0, 0.05) is 25.3 Å². The first-order valence-corrected chi connectivity index (χ1v) is 9.04. The van der Waals surface area contributed by atoms with Crippen molar-refractivity contribution in [3.05, 3.63) is 35.4 Å². The summed E-state index contributed by atoms with van der Waals surface area (Å²) in [4.78, 5) is 37.3. The van der Waals surface area contributed by atoms with Gasteiger partial charge >= 0.3 is 5.97 Å². The third-order valence-corrected chi connectivity index (χ3v) is 4.85. The predicted molar refractivity (Wildman–Crippen MR) is 101 cm³/mol. The summed E-state index contributed by atoms with van der Waals surface area (Å²) in [6.45, 7) is 6.45. The van der Waals surface area contributed by atoms with Gasteiger partial charge in [-0.3, -0.25) is 14.4 Å². The number of hydrogen-bond acceptors (Lipinski definition) is 4. The number of benzene rings is 1. The number of carbonyl (C=O) groups is 3. The molecule has 2 atom stereocenters. The molecule has 1 aromatic rings. The second-order valence-corrected chi connectivity index (χ2v) is 7.90. The van der Waals surface area contributed by atoms with Crippen molar-refractivity contribution in [2.24, 2.45) is 0 Å². The van der Waals surface area contributed by atoms with E-state index in [1.54, 1.807) is 19.2 Å². The Morgan fingerprint density at radius 1 is 1.22 bits per heavy atom. The highest BCUT2D eigenvalue weighted by atomic mass is 16.5. The van der Waals surface area contributed by atoms with Crippen LogP contribution in [0.1, 0.15) is 49.5 Å². The standard InChI is InChI=1S/C20H28N2O5/c1-20(2,3)14-7-5-13(6-8-14)19(26)21-11-17(23)22-12-16(27-4)9-15(22)10-18(24)25/h5-8,15-16H,9-12H2,1-4H3,(H,21,26)(H,24,25). The molecule has 0 radical (unpaired) electrons. The van der Waals surface area contributed by atoms with E-state index >= 15 is 0 Å². The number of nitrogens with one attached hydrogen (secondary N) is 1. The van der Waals surface area contributed by atoms with E-state index in [2.05, 4.69) is 26.1 Å². The van der Waals surface area contributed by atoms with Crippen molar-refractivity contribution in [2.45, 2.75) is 51.2 Å². The summed E-state index contributed by atoms with van der Waals surface area (Å²) in [5, 5.41) is 11.7. The van der Waals surface area contributed by atoms with Crippen LogP contribution in [0, 0.1) is 0 Å². The molecular formula is C20H28N2O5. The van der Waals surface area contributed by atoms with Crippen LogP contribution in [0.2, 0.25) is 0 Å². The molecule has 148 valence electrons. The molecule has 1 aliphatic heterocycles. The number of carbonyl (C=O) groups excluding carboxylic acids is 2. The quantitative estimate of drug-likeness (QED) is 0.789.